The van der Waals surface area contributed by atoms with Crippen LogP contribution in [0.4, 0.5) is 0 Å². The van der Waals surface area contributed by atoms with Crippen LogP contribution in [0.25, 0.3) is 0 Å². The number of rotatable bonds is 16. The Morgan fingerprint density at radius 1 is 0.316 bits per heavy atom. The Labute approximate surface area is 456 Å². The van der Waals surface area contributed by atoms with Gasteiger partial charge in [0.2, 0.25) is 0 Å². The van der Waals surface area contributed by atoms with E-state index in [0.29, 0.717) is 22.3 Å². The molecule has 4 aromatic rings. The summed E-state index contributed by atoms with van der Waals surface area (Å²) < 4.78 is 111. The normalized spacial score (nSPS) is 16.7. The molecule has 1 heterocycles. The summed E-state index contributed by atoms with van der Waals surface area (Å²) in [6, 6.07) is 12.8. The number of hydrogen-bond acceptors (Lipinski definition) is 16. The van der Waals surface area contributed by atoms with Crippen LogP contribution in [0, 0.1) is 0 Å². The van der Waals surface area contributed by atoms with Crippen molar-refractivity contribution in [3.8, 4) is 23.0 Å². The molecule has 16 nitrogen and oxygen atoms in total. The highest BCUT2D eigenvalue weighted by molar-refractivity contribution is 7.87. The molecule has 0 fully saturated rings. The Morgan fingerprint density at radius 2 is 0.461 bits per heavy atom. The molecule has 1 aliphatic rings. The highest BCUT2D eigenvalue weighted by atomic mass is 32.2. The largest absolute Gasteiger partial charge is 0.479 e. The summed E-state index contributed by atoms with van der Waals surface area (Å²) in [5.41, 5.74) is -0.984. The van der Waals surface area contributed by atoms with Gasteiger partial charge in [-0.1, -0.05) is 83.1 Å². The SMILES string of the molecule is CCOC(=O)COc1c2cc(C(C)(C)C)cc1S(=O)c1cc(C(C)(C)C)cc(c1OCC(=O)OCC)S(=O)c1cc(C(C)(C)C)cc(c1OCC(=O)OCC)S(=O)c1cc(C(C)(C)C)cc(c1OCC(=O)OCC)S2=O. The Morgan fingerprint density at radius 3 is 0.579 bits per heavy atom. The van der Waals surface area contributed by atoms with Crippen LogP contribution < -0.4 is 18.9 Å². The van der Waals surface area contributed by atoms with Crippen molar-refractivity contribution >= 4 is 67.1 Å². The van der Waals surface area contributed by atoms with Gasteiger partial charge in [-0.2, -0.15) is 0 Å². The molecular formula is C56H72O16S4. The van der Waals surface area contributed by atoms with Gasteiger partial charge in [-0.05, 0) is 120 Å². The average Bonchev–Trinajstić information content (AvgIpc) is 3.33. The number of carbonyl (C=O) groups is 4. The van der Waals surface area contributed by atoms with Crippen LogP contribution >= 0.6 is 0 Å². The maximum atomic E-state index is 16.2. The number of carbonyl (C=O) groups excluding carboxylic acids is 4. The van der Waals surface area contributed by atoms with E-state index in [9.17, 15) is 19.2 Å². The van der Waals surface area contributed by atoms with Crippen molar-refractivity contribution in [2.45, 2.75) is 172 Å². The third-order valence-corrected chi connectivity index (χ3v) is 17.3. The molecule has 0 aliphatic carbocycles. The van der Waals surface area contributed by atoms with E-state index < -0.39 is 115 Å². The zero-order valence-electron chi connectivity index (χ0n) is 46.4. The Balaban J connectivity index is 2.19. The molecule has 4 aromatic carbocycles. The third-order valence-electron chi connectivity index (χ3n) is 11.7. The average molecular weight is 1130 g/mol. The first-order valence-corrected chi connectivity index (χ1v) is 29.5. The van der Waals surface area contributed by atoms with Crippen LogP contribution in [0.1, 0.15) is 133 Å². The van der Waals surface area contributed by atoms with Gasteiger partial charge < -0.3 is 37.9 Å². The number of benzene rings is 4. The predicted octanol–water partition coefficient (Wildman–Crippen LogP) is 9.62. The highest BCUT2D eigenvalue weighted by Crippen LogP contribution is 2.49. The third kappa shape index (κ3) is 14.6. The first-order valence-electron chi connectivity index (χ1n) is 24.9. The van der Waals surface area contributed by atoms with E-state index in [4.69, 9.17) is 37.9 Å². The lowest BCUT2D eigenvalue weighted by molar-refractivity contribution is -0.146. The summed E-state index contributed by atoms with van der Waals surface area (Å²) in [6.45, 7) is 26.2. The van der Waals surface area contributed by atoms with E-state index in [-0.39, 0.29) is 88.6 Å². The molecule has 0 saturated heterocycles. The molecule has 0 atom stereocenters. The molecule has 0 saturated carbocycles. The molecule has 416 valence electrons. The summed E-state index contributed by atoms with van der Waals surface area (Å²) in [4.78, 5) is 52.1. The zero-order valence-corrected chi connectivity index (χ0v) is 49.7. The van der Waals surface area contributed by atoms with Crippen molar-refractivity contribution < 1.29 is 73.9 Å². The molecule has 0 spiro atoms. The smallest absolute Gasteiger partial charge is 0.344 e. The van der Waals surface area contributed by atoms with E-state index in [1.807, 2.05) is 83.1 Å². The molecule has 5 rings (SSSR count). The lowest BCUT2D eigenvalue weighted by Crippen LogP contribution is -2.22. The Hall–Kier alpha value is -5.44. The highest BCUT2D eigenvalue weighted by Gasteiger charge is 2.37. The molecule has 0 unspecified atom stereocenters. The molecule has 0 radical (unpaired) electrons. The van der Waals surface area contributed by atoms with Crippen LogP contribution in [-0.2, 0) is 103 Å². The second-order valence-corrected chi connectivity index (χ2v) is 27.3. The van der Waals surface area contributed by atoms with Gasteiger partial charge in [0.15, 0.2) is 49.4 Å². The van der Waals surface area contributed by atoms with Gasteiger partial charge in [0, 0.05) is 0 Å². The first kappa shape index (κ1) is 61.4. The fraction of sp³-hybridized carbons (Fsp3) is 0.500. The number of fused-ring (bicyclic) bond motifs is 8. The van der Waals surface area contributed by atoms with Crippen LogP contribution in [0.2, 0.25) is 0 Å². The first-order chi connectivity index (χ1) is 35.4. The lowest BCUT2D eigenvalue weighted by atomic mass is 9.87. The molecule has 8 bridgehead atoms. The second-order valence-electron chi connectivity index (χ2n) is 21.7. The van der Waals surface area contributed by atoms with Crippen molar-refractivity contribution in [2.24, 2.45) is 0 Å². The second kappa shape index (κ2) is 24.9. The minimum Gasteiger partial charge on any atom is -0.479 e. The van der Waals surface area contributed by atoms with E-state index in [1.165, 1.54) is 0 Å². The van der Waals surface area contributed by atoms with Crippen molar-refractivity contribution in [1.29, 1.82) is 0 Å². The van der Waals surface area contributed by atoms with Crippen molar-refractivity contribution in [2.75, 3.05) is 52.9 Å². The van der Waals surface area contributed by atoms with Gasteiger partial charge in [0.05, 0.1) is 109 Å². The molecule has 0 N–H and O–H groups in total. The van der Waals surface area contributed by atoms with Crippen molar-refractivity contribution in [1.82, 2.24) is 0 Å². The minimum absolute atomic E-state index is 0.00102. The van der Waals surface area contributed by atoms with Crippen LogP contribution in [0.15, 0.2) is 87.7 Å². The topological polar surface area (TPSA) is 210 Å². The molecule has 76 heavy (non-hydrogen) atoms. The van der Waals surface area contributed by atoms with E-state index in [1.54, 1.807) is 76.2 Å². The molecule has 0 amide bonds. The van der Waals surface area contributed by atoms with Crippen molar-refractivity contribution in [3.63, 3.8) is 0 Å². The lowest BCUT2D eigenvalue weighted by Gasteiger charge is -2.28. The van der Waals surface area contributed by atoms with Gasteiger partial charge in [-0.15, -0.1) is 0 Å². The molecule has 1 aliphatic heterocycles. The molecule has 0 aromatic heterocycles. The summed E-state index contributed by atoms with van der Waals surface area (Å²) in [5.74, 6) is -4.25. The number of hydrogen-bond donors (Lipinski definition) is 0. The van der Waals surface area contributed by atoms with Gasteiger partial charge >= 0.3 is 23.9 Å². The Bertz CT molecular complexity index is 2460. The summed E-state index contributed by atoms with van der Waals surface area (Å²) in [7, 11) is -9.96. The van der Waals surface area contributed by atoms with Crippen molar-refractivity contribution in [3.05, 3.63) is 70.8 Å². The van der Waals surface area contributed by atoms with Gasteiger partial charge in [-0.3, -0.25) is 0 Å². The molecular weight excluding hydrogens is 1060 g/mol. The summed E-state index contributed by atoms with van der Waals surface area (Å²) in [6.07, 6.45) is 0. The van der Waals surface area contributed by atoms with E-state index >= 15 is 16.8 Å². The number of esters is 4. The monoisotopic (exact) mass is 1130 g/mol. The standard InChI is InChI=1S/C56H72O16S4/c1-17-65-45(57)29-69-49-37-21-33(53(5,6)7)22-38(49)74(62)40-24-35(55(11,12)13)26-42(51(40)71-31-47(59)67-19-3)76(64)44-28-36(56(14,15)16)27-43(52(44)72-32-48(60)68-20-4)75(63)41-25-34(54(8,9)10)23-39(73(37)61)50(41)70-30-46(58)66-18-2/h21-28H,17-20,29-32H2,1-16H3. The Kier molecular flexibility index (Phi) is 20.1. The summed E-state index contributed by atoms with van der Waals surface area (Å²) >= 11 is 0. The van der Waals surface area contributed by atoms with Crippen LogP contribution in [0.5, 0.6) is 23.0 Å². The maximum absolute atomic E-state index is 16.2. The van der Waals surface area contributed by atoms with Crippen LogP contribution in [0.3, 0.4) is 0 Å². The van der Waals surface area contributed by atoms with Crippen LogP contribution in [-0.4, -0.2) is 93.6 Å². The van der Waals surface area contributed by atoms with Gasteiger partial charge in [0.25, 0.3) is 0 Å². The fourth-order valence-electron chi connectivity index (χ4n) is 7.52. The predicted molar refractivity (Wildman–Crippen MR) is 288 cm³/mol. The zero-order chi connectivity index (χ0) is 56.8. The molecule has 20 heteroatoms. The van der Waals surface area contributed by atoms with E-state index in [0.717, 1.165) is 0 Å². The fourth-order valence-corrected chi connectivity index (χ4v) is 13.3. The van der Waals surface area contributed by atoms with Gasteiger partial charge in [0.1, 0.15) is 0 Å². The minimum atomic E-state index is -2.49. The van der Waals surface area contributed by atoms with E-state index in [2.05, 4.69) is 0 Å². The van der Waals surface area contributed by atoms with Gasteiger partial charge in [-0.25, -0.2) is 36.0 Å². The maximum Gasteiger partial charge on any atom is 0.344 e. The quantitative estimate of drug-likeness (QED) is 0.0665. The number of ether oxygens (including phenoxy) is 8. The summed E-state index contributed by atoms with van der Waals surface area (Å²) in [5, 5.41) is 0.